The van der Waals surface area contributed by atoms with Gasteiger partial charge in [0.05, 0.1) is 16.8 Å². The first-order valence-electron chi connectivity index (χ1n) is 9.91. The van der Waals surface area contributed by atoms with E-state index in [1.807, 2.05) is 51.1 Å². The number of amides is 1. The molecule has 1 N–H and O–H groups in total. The molecule has 3 rings (SSSR count). The van der Waals surface area contributed by atoms with Gasteiger partial charge in [-0.3, -0.25) is 9.10 Å². The molecule has 0 bridgehead atoms. The van der Waals surface area contributed by atoms with Crippen LogP contribution in [0.4, 0.5) is 5.69 Å². The Kier molecular flexibility index (Phi) is 7.48. The highest BCUT2D eigenvalue weighted by Crippen LogP contribution is 2.26. The molecule has 166 valence electrons. The van der Waals surface area contributed by atoms with Crippen molar-refractivity contribution in [3.63, 3.8) is 0 Å². The van der Waals surface area contributed by atoms with E-state index in [1.165, 1.54) is 6.21 Å². The van der Waals surface area contributed by atoms with Crippen LogP contribution in [-0.2, 0) is 14.8 Å². The Bertz CT molecular complexity index is 1240. The van der Waals surface area contributed by atoms with Crippen molar-refractivity contribution < 1.29 is 13.2 Å². The van der Waals surface area contributed by atoms with E-state index in [0.717, 1.165) is 31.0 Å². The highest BCUT2D eigenvalue weighted by Gasteiger charge is 2.27. The lowest BCUT2D eigenvalue weighted by atomic mass is 10.1. The molecule has 0 aromatic heterocycles. The van der Waals surface area contributed by atoms with Gasteiger partial charge in [-0.25, -0.2) is 13.8 Å². The molecule has 6 nitrogen and oxygen atoms in total. The maximum Gasteiger partial charge on any atom is 0.264 e. The van der Waals surface area contributed by atoms with Gasteiger partial charge in [-0.15, -0.1) is 0 Å². The quantitative estimate of drug-likeness (QED) is 0.366. The summed E-state index contributed by atoms with van der Waals surface area (Å²) in [6, 6.07) is 19.2. The van der Waals surface area contributed by atoms with Crippen molar-refractivity contribution in [2.24, 2.45) is 5.10 Å². The van der Waals surface area contributed by atoms with Gasteiger partial charge in [-0.2, -0.15) is 5.10 Å². The minimum atomic E-state index is -3.96. The monoisotopic (exact) mass is 513 g/mol. The average Bonchev–Trinajstić information content (AvgIpc) is 2.76. The highest BCUT2D eigenvalue weighted by atomic mass is 79.9. The minimum absolute atomic E-state index is 0.118. The average molecular weight is 514 g/mol. The van der Waals surface area contributed by atoms with Crippen LogP contribution in [0.15, 0.2) is 81.2 Å². The number of hydrogen-bond donors (Lipinski definition) is 1. The first-order chi connectivity index (χ1) is 15.2. The molecule has 8 heteroatoms. The van der Waals surface area contributed by atoms with E-state index in [1.54, 1.807) is 36.4 Å². The van der Waals surface area contributed by atoms with Crippen LogP contribution in [0.3, 0.4) is 0 Å². The minimum Gasteiger partial charge on any atom is -0.271 e. The summed E-state index contributed by atoms with van der Waals surface area (Å²) >= 11 is 3.36. The lowest BCUT2D eigenvalue weighted by Gasteiger charge is -2.24. The molecular weight excluding hydrogens is 490 g/mol. The molecule has 0 aliphatic rings. The lowest BCUT2D eigenvalue weighted by Crippen LogP contribution is -2.39. The Hall–Kier alpha value is -2.97. The topological polar surface area (TPSA) is 78.8 Å². The molecule has 0 aliphatic carbocycles. The first kappa shape index (κ1) is 23.7. The van der Waals surface area contributed by atoms with Crippen LogP contribution in [0.25, 0.3) is 0 Å². The normalized spacial score (nSPS) is 11.5. The van der Waals surface area contributed by atoms with Crippen LogP contribution in [0.5, 0.6) is 0 Å². The van der Waals surface area contributed by atoms with E-state index in [4.69, 9.17) is 0 Å². The van der Waals surface area contributed by atoms with Crippen LogP contribution in [0.2, 0.25) is 0 Å². The standard InChI is InChI=1S/C24H24BrN3O3S/c1-17-4-12-23(13-5-17)32(30,31)28(22-11-6-18(2)19(3)14-22)16-24(29)27-26-15-20-7-9-21(25)10-8-20/h4-15H,16H2,1-3H3,(H,27,29)/b26-15-. The number of carbonyl (C=O) groups is 1. The zero-order valence-corrected chi connectivity index (χ0v) is 20.4. The molecule has 32 heavy (non-hydrogen) atoms. The summed E-state index contributed by atoms with van der Waals surface area (Å²) in [5.41, 5.74) is 6.54. The van der Waals surface area contributed by atoms with Gasteiger partial charge in [-0.1, -0.05) is 51.8 Å². The van der Waals surface area contributed by atoms with Crippen LogP contribution >= 0.6 is 15.9 Å². The Balaban J connectivity index is 1.86. The van der Waals surface area contributed by atoms with Crippen molar-refractivity contribution in [3.05, 3.63) is 93.5 Å². The van der Waals surface area contributed by atoms with E-state index in [9.17, 15) is 13.2 Å². The summed E-state index contributed by atoms with van der Waals surface area (Å²) in [4.78, 5) is 12.7. The van der Waals surface area contributed by atoms with E-state index in [0.29, 0.717) is 5.69 Å². The van der Waals surface area contributed by atoms with Gasteiger partial charge in [0.2, 0.25) is 0 Å². The molecule has 0 radical (unpaired) electrons. The molecular formula is C24H24BrN3O3S. The number of carbonyl (C=O) groups excluding carboxylic acids is 1. The third-order valence-electron chi connectivity index (χ3n) is 4.95. The lowest BCUT2D eigenvalue weighted by molar-refractivity contribution is -0.119. The van der Waals surface area contributed by atoms with Gasteiger partial charge in [0.1, 0.15) is 6.54 Å². The van der Waals surface area contributed by atoms with Crippen molar-refractivity contribution in [3.8, 4) is 0 Å². The largest absolute Gasteiger partial charge is 0.271 e. The van der Waals surface area contributed by atoms with Crippen LogP contribution in [-0.4, -0.2) is 27.1 Å². The van der Waals surface area contributed by atoms with Gasteiger partial charge in [-0.05, 0) is 73.9 Å². The zero-order chi connectivity index (χ0) is 23.3. The smallest absolute Gasteiger partial charge is 0.264 e. The molecule has 3 aromatic carbocycles. The van der Waals surface area contributed by atoms with Crippen molar-refractivity contribution >= 4 is 43.8 Å². The molecule has 3 aromatic rings. The number of hydrogen-bond acceptors (Lipinski definition) is 4. The molecule has 0 fully saturated rings. The molecule has 0 unspecified atom stereocenters. The fraction of sp³-hybridized carbons (Fsp3) is 0.167. The Morgan fingerprint density at radius 3 is 2.25 bits per heavy atom. The maximum atomic E-state index is 13.4. The molecule has 1 amide bonds. The fourth-order valence-corrected chi connectivity index (χ4v) is 4.60. The number of aryl methyl sites for hydroxylation is 3. The predicted molar refractivity (Wildman–Crippen MR) is 132 cm³/mol. The SMILES string of the molecule is Cc1ccc(S(=O)(=O)N(CC(=O)N/N=C\c2ccc(Br)cc2)c2ccc(C)c(C)c2)cc1. The van der Waals surface area contributed by atoms with Crippen molar-refractivity contribution in [2.75, 3.05) is 10.8 Å². The number of rotatable bonds is 7. The van der Waals surface area contributed by atoms with Crippen LogP contribution < -0.4 is 9.73 Å². The number of hydrazone groups is 1. The van der Waals surface area contributed by atoms with Gasteiger partial charge < -0.3 is 0 Å². The Morgan fingerprint density at radius 1 is 0.969 bits per heavy atom. The second-order valence-electron chi connectivity index (χ2n) is 7.44. The highest BCUT2D eigenvalue weighted by molar-refractivity contribution is 9.10. The van der Waals surface area contributed by atoms with Crippen LogP contribution in [0.1, 0.15) is 22.3 Å². The summed E-state index contributed by atoms with van der Waals surface area (Å²) in [6.07, 6.45) is 1.50. The van der Waals surface area contributed by atoms with Crippen molar-refractivity contribution in [2.45, 2.75) is 25.7 Å². The summed E-state index contributed by atoms with van der Waals surface area (Å²) in [6.45, 7) is 5.32. The number of anilines is 1. The molecule has 0 atom stereocenters. The molecule has 0 saturated carbocycles. The summed E-state index contributed by atoms with van der Waals surface area (Å²) in [5.74, 6) is -0.549. The third kappa shape index (κ3) is 5.83. The molecule has 0 spiro atoms. The molecule has 0 heterocycles. The van der Waals surface area contributed by atoms with Crippen molar-refractivity contribution in [1.82, 2.24) is 5.43 Å². The fourth-order valence-electron chi connectivity index (χ4n) is 2.93. The Labute approximate surface area is 197 Å². The second kappa shape index (κ2) is 10.1. The van der Waals surface area contributed by atoms with E-state index in [2.05, 4.69) is 26.5 Å². The van der Waals surface area contributed by atoms with E-state index in [-0.39, 0.29) is 4.90 Å². The van der Waals surface area contributed by atoms with Crippen LogP contribution in [0, 0.1) is 20.8 Å². The predicted octanol–water partition coefficient (Wildman–Crippen LogP) is 4.72. The van der Waals surface area contributed by atoms with E-state index >= 15 is 0 Å². The number of nitrogens with zero attached hydrogens (tertiary/aromatic N) is 2. The molecule has 0 saturated heterocycles. The first-order valence-corrected chi connectivity index (χ1v) is 12.1. The van der Waals surface area contributed by atoms with Crippen molar-refractivity contribution in [1.29, 1.82) is 0 Å². The van der Waals surface area contributed by atoms with Gasteiger partial charge >= 0.3 is 0 Å². The van der Waals surface area contributed by atoms with Gasteiger partial charge in [0, 0.05) is 4.47 Å². The number of halogens is 1. The van der Waals surface area contributed by atoms with E-state index < -0.39 is 22.5 Å². The summed E-state index contributed by atoms with van der Waals surface area (Å²) in [7, 11) is -3.96. The van der Waals surface area contributed by atoms with Gasteiger partial charge in [0.15, 0.2) is 0 Å². The van der Waals surface area contributed by atoms with Gasteiger partial charge in [0.25, 0.3) is 15.9 Å². The Morgan fingerprint density at radius 2 is 1.62 bits per heavy atom. The zero-order valence-electron chi connectivity index (χ0n) is 18.0. The summed E-state index contributed by atoms with van der Waals surface area (Å²) < 4.78 is 28.9. The molecule has 0 aliphatic heterocycles. The number of sulfonamides is 1. The maximum absolute atomic E-state index is 13.4. The number of benzene rings is 3. The summed E-state index contributed by atoms with van der Waals surface area (Å²) in [5, 5.41) is 3.95. The number of nitrogens with one attached hydrogen (secondary N) is 1. The third-order valence-corrected chi connectivity index (χ3v) is 7.26. The second-order valence-corrected chi connectivity index (χ2v) is 10.2.